The Hall–Kier alpha value is -2.87. The normalized spacial score (nSPS) is 21.7. The van der Waals surface area contributed by atoms with E-state index in [0.29, 0.717) is 17.4 Å². The molecule has 2 N–H and O–H groups in total. The summed E-state index contributed by atoms with van der Waals surface area (Å²) in [6.45, 7) is 1.76. The Morgan fingerprint density at radius 2 is 2.07 bits per heavy atom. The molecule has 2 fully saturated rings. The third kappa shape index (κ3) is 3.35. The van der Waals surface area contributed by atoms with Crippen LogP contribution < -0.4 is 10.6 Å². The molecule has 2 heterocycles. The standard InChI is InChI=1S/C19H20ClN5O3/c1-19(13-6-7-13)17(27)24(18(28)23-19)11-16(26)22-15-8-9-21-25(15)10-12-4-2-3-5-14(12)20/h2-5,8-9,13H,6-7,10-11H2,1H3,(H,22,26)(H,23,28). The highest BCUT2D eigenvalue weighted by atomic mass is 35.5. The van der Waals surface area contributed by atoms with Crippen LogP contribution >= 0.6 is 11.6 Å². The molecule has 1 aliphatic heterocycles. The fraction of sp³-hybridized carbons (Fsp3) is 0.368. The molecule has 4 rings (SSSR count). The van der Waals surface area contributed by atoms with Gasteiger partial charge in [0.2, 0.25) is 5.91 Å². The molecule has 1 atom stereocenters. The minimum Gasteiger partial charge on any atom is -0.323 e. The van der Waals surface area contributed by atoms with Gasteiger partial charge in [0.25, 0.3) is 5.91 Å². The summed E-state index contributed by atoms with van der Waals surface area (Å²) in [6, 6.07) is 8.49. The van der Waals surface area contributed by atoms with Crippen molar-refractivity contribution >= 4 is 35.3 Å². The highest BCUT2D eigenvalue weighted by molar-refractivity contribution is 6.31. The summed E-state index contributed by atoms with van der Waals surface area (Å²) in [6.07, 6.45) is 3.37. The van der Waals surface area contributed by atoms with Crippen LogP contribution in [0.5, 0.6) is 0 Å². The van der Waals surface area contributed by atoms with Crippen molar-refractivity contribution in [2.45, 2.75) is 31.8 Å². The van der Waals surface area contributed by atoms with Crippen LogP contribution in [-0.2, 0) is 16.1 Å². The van der Waals surface area contributed by atoms with Crippen molar-refractivity contribution in [1.82, 2.24) is 20.0 Å². The molecular formula is C19H20ClN5O3. The van der Waals surface area contributed by atoms with Gasteiger partial charge < -0.3 is 10.6 Å². The van der Waals surface area contributed by atoms with E-state index in [-0.39, 0.29) is 18.4 Å². The number of nitrogens with one attached hydrogen (secondary N) is 2. The van der Waals surface area contributed by atoms with Gasteiger partial charge in [-0.05, 0) is 37.3 Å². The minimum atomic E-state index is -0.900. The molecule has 8 nitrogen and oxygen atoms in total. The first kappa shape index (κ1) is 18.5. The number of hydrogen-bond donors (Lipinski definition) is 2. The molecule has 0 spiro atoms. The van der Waals surface area contributed by atoms with Gasteiger partial charge in [0.05, 0.1) is 12.7 Å². The molecule has 1 aliphatic carbocycles. The van der Waals surface area contributed by atoms with E-state index in [1.807, 2.05) is 18.2 Å². The Morgan fingerprint density at radius 1 is 1.32 bits per heavy atom. The maximum Gasteiger partial charge on any atom is 0.325 e. The molecule has 146 valence electrons. The van der Waals surface area contributed by atoms with Gasteiger partial charge in [-0.3, -0.25) is 14.5 Å². The lowest BCUT2D eigenvalue weighted by atomic mass is 9.96. The second-order valence-electron chi connectivity index (χ2n) is 7.31. The number of imide groups is 1. The Morgan fingerprint density at radius 3 is 2.79 bits per heavy atom. The predicted octanol–water partition coefficient (Wildman–Crippen LogP) is 2.24. The summed E-state index contributed by atoms with van der Waals surface area (Å²) >= 11 is 6.18. The average Bonchev–Trinajstić information content (AvgIpc) is 3.40. The highest BCUT2D eigenvalue weighted by Crippen LogP contribution is 2.42. The third-order valence-electron chi connectivity index (χ3n) is 5.26. The number of amides is 4. The summed E-state index contributed by atoms with van der Waals surface area (Å²) in [4.78, 5) is 38.3. The van der Waals surface area contributed by atoms with E-state index < -0.39 is 17.5 Å². The first-order valence-electron chi connectivity index (χ1n) is 9.07. The molecule has 9 heteroatoms. The van der Waals surface area contributed by atoms with Gasteiger partial charge in [0.1, 0.15) is 17.9 Å². The number of nitrogens with zero attached hydrogens (tertiary/aromatic N) is 3. The number of carbonyl (C=O) groups is 3. The van der Waals surface area contributed by atoms with Crippen LogP contribution in [0.4, 0.5) is 10.6 Å². The zero-order chi connectivity index (χ0) is 19.9. The quantitative estimate of drug-likeness (QED) is 0.725. The Kier molecular flexibility index (Phi) is 4.58. The molecule has 1 aromatic heterocycles. The monoisotopic (exact) mass is 401 g/mol. The molecule has 28 heavy (non-hydrogen) atoms. The number of anilines is 1. The predicted molar refractivity (Wildman–Crippen MR) is 103 cm³/mol. The van der Waals surface area contributed by atoms with Crippen LogP contribution in [0.1, 0.15) is 25.3 Å². The topological polar surface area (TPSA) is 96.3 Å². The largest absolute Gasteiger partial charge is 0.325 e. The molecule has 1 saturated heterocycles. The van der Waals surface area contributed by atoms with Gasteiger partial charge in [0.15, 0.2) is 0 Å². The number of benzene rings is 1. The zero-order valence-corrected chi connectivity index (χ0v) is 16.1. The van der Waals surface area contributed by atoms with E-state index in [9.17, 15) is 14.4 Å². The van der Waals surface area contributed by atoms with Crippen LogP contribution in [-0.4, -0.2) is 44.6 Å². The van der Waals surface area contributed by atoms with Crippen LogP contribution in [0, 0.1) is 5.92 Å². The summed E-state index contributed by atoms with van der Waals surface area (Å²) in [5.41, 5.74) is -0.0407. The number of halogens is 1. The van der Waals surface area contributed by atoms with E-state index in [0.717, 1.165) is 23.3 Å². The van der Waals surface area contributed by atoms with E-state index in [2.05, 4.69) is 15.7 Å². The highest BCUT2D eigenvalue weighted by Gasteiger charge is 2.56. The van der Waals surface area contributed by atoms with Crippen molar-refractivity contribution in [3.63, 3.8) is 0 Å². The first-order chi connectivity index (χ1) is 13.4. The molecule has 0 radical (unpaired) electrons. The van der Waals surface area contributed by atoms with Gasteiger partial charge in [-0.2, -0.15) is 5.10 Å². The van der Waals surface area contributed by atoms with Crippen molar-refractivity contribution in [3.05, 3.63) is 47.1 Å². The lowest BCUT2D eigenvalue weighted by Crippen LogP contribution is -2.46. The summed E-state index contributed by atoms with van der Waals surface area (Å²) in [5, 5.41) is 10.3. The Balaban J connectivity index is 1.42. The molecule has 1 aromatic carbocycles. The second kappa shape index (κ2) is 6.94. The lowest BCUT2D eigenvalue weighted by molar-refractivity contribution is -0.134. The molecule has 0 bridgehead atoms. The number of hydrogen-bond acceptors (Lipinski definition) is 4. The second-order valence-corrected chi connectivity index (χ2v) is 7.72. The van der Waals surface area contributed by atoms with E-state index >= 15 is 0 Å². The molecular weight excluding hydrogens is 382 g/mol. The van der Waals surface area contributed by atoms with Crippen molar-refractivity contribution in [3.8, 4) is 0 Å². The van der Waals surface area contributed by atoms with E-state index in [4.69, 9.17) is 11.6 Å². The van der Waals surface area contributed by atoms with E-state index in [1.165, 1.54) is 0 Å². The molecule has 1 unspecified atom stereocenters. The third-order valence-corrected chi connectivity index (χ3v) is 5.63. The first-order valence-corrected chi connectivity index (χ1v) is 9.45. The maximum atomic E-state index is 12.6. The summed E-state index contributed by atoms with van der Waals surface area (Å²) in [7, 11) is 0. The SMILES string of the molecule is CC1(C2CC2)NC(=O)N(CC(=O)Nc2ccnn2Cc2ccccc2Cl)C1=O. The number of urea groups is 1. The van der Waals surface area contributed by atoms with Crippen LogP contribution in [0.25, 0.3) is 0 Å². The molecule has 2 aliphatic rings. The number of carbonyl (C=O) groups excluding carboxylic acids is 3. The van der Waals surface area contributed by atoms with Crippen LogP contribution in [0.15, 0.2) is 36.5 Å². The Bertz CT molecular complexity index is 955. The summed E-state index contributed by atoms with van der Waals surface area (Å²) < 4.78 is 1.60. The van der Waals surface area contributed by atoms with Gasteiger partial charge in [-0.25, -0.2) is 9.48 Å². The van der Waals surface area contributed by atoms with Crippen molar-refractivity contribution in [1.29, 1.82) is 0 Å². The van der Waals surface area contributed by atoms with Crippen molar-refractivity contribution < 1.29 is 14.4 Å². The van der Waals surface area contributed by atoms with E-state index in [1.54, 1.807) is 29.9 Å². The smallest absolute Gasteiger partial charge is 0.323 e. The average molecular weight is 402 g/mol. The zero-order valence-electron chi connectivity index (χ0n) is 15.3. The van der Waals surface area contributed by atoms with Crippen molar-refractivity contribution in [2.75, 3.05) is 11.9 Å². The Labute approximate surface area is 166 Å². The lowest BCUT2D eigenvalue weighted by Gasteiger charge is -2.20. The number of rotatable bonds is 6. The van der Waals surface area contributed by atoms with Crippen LogP contribution in [0.2, 0.25) is 5.02 Å². The summed E-state index contributed by atoms with van der Waals surface area (Å²) in [5.74, 6) is -0.208. The van der Waals surface area contributed by atoms with Crippen molar-refractivity contribution in [2.24, 2.45) is 5.92 Å². The molecule has 2 aromatic rings. The fourth-order valence-electron chi connectivity index (χ4n) is 3.48. The maximum absolute atomic E-state index is 12.6. The van der Waals surface area contributed by atoms with Gasteiger partial charge >= 0.3 is 6.03 Å². The fourth-order valence-corrected chi connectivity index (χ4v) is 3.67. The number of aromatic nitrogens is 2. The minimum absolute atomic E-state index is 0.147. The van der Waals surface area contributed by atoms with Crippen LogP contribution in [0.3, 0.4) is 0 Å². The molecule has 1 saturated carbocycles. The van der Waals surface area contributed by atoms with Gasteiger partial charge in [0, 0.05) is 11.1 Å². The van der Waals surface area contributed by atoms with Gasteiger partial charge in [-0.1, -0.05) is 29.8 Å². The van der Waals surface area contributed by atoms with Gasteiger partial charge in [-0.15, -0.1) is 0 Å². The molecule has 4 amide bonds.